The molecule has 1 N–H and O–H groups in total. The van der Waals surface area contributed by atoms with Crippen LogP contribution < -0.4 is 5.32 Å². The summed E-state index contributed by atoms with van der Waals surface area (Å²) in [5, 5.41) is 3.51. The Bertz CT molecular complexity index is 132. The van der Waals surface area contributed by atoms with Crippen molar-refractivity contribution < 1.29 is 0 Å². The highest BCUT2D eigenvalue weighted by molar-refractivity contribution is 7.98. The van der Waals surface area contributed by atoms with E-state index in [1.807, 2.05) is 11.8 Å². The molecule has 0 spiro atoms. The Hall–Kier alpha value is 0.600. The first kappa shape index (κ1) is 11.7. The van der Waals surface area contributed by atoms with Gasteiger partial charge in [-0.2, -0.15) is 11.8 Å². The average Bonchev–Trinajstić information content (AvgIpc) is 2.60. The van der Waals surface area contributed by atoms with Gasteiger partial charge >= 0.3 is 0 Å². The van der Waals surface area contributed by atoms with Gasteiger partial charge < -0.3 is 5.32 Å². The molecule has 1 saturated carbocycles. The van der Waals surface area contributed by atoms with Crippen molar-refractivity contribution in [2.45, 2.75) is 19.3 Å². The zero-order valence-corrected chi connectivity index (χ0v) is 9.96. The van der Waals surface area contributed by atoms with Gasteiger partial charge in [0.15, 0.2) is 0 Å². The average molecular weight is 222 g/mol. The number of hydrogen-bond donors (Lipinski definition) is 1. The van der Waals surface area contributed by atoms with Crippen molar-refractivity contribution in [1.82, 2.24) is 5.32 Å². The molecule has 3 heteroatoms. The lowest BCUT2D eigenvalue weighted by molar-refractivity contribution is 0.401. The maximum atomic E-state index is 5.91. The molecule has 2 unspecified atom stereocenters. The second-order valence-electron chi connectivity index (χ2n) is 3.80. The third kappa shape index (κ3) is 4.09. The number of nitrogens with one attached hydrogen (secondary N) is 1. The Kier molecular flexibility index (Phi) is 6.26. The SMILES string of the molecule is CSCCNCC1CCCC1CCl. The quantitative estimate of drug-likeness (QED) is 0.547. The lowest BCUT2D eigenvalue weighted by Crippen LogP contribution is -2.27. The summed E-state index contributed by atoms with van der Waals surface area (Å²) in [5.74, 6) is 3.70. The lowest BCUT2D eigenvalue weighted by atomic mass is 9.98. The van der Waals surface area contributed by atoms with Gasteiger partial charge in [0.2, 0.25) is 0 Å². The van der Waals surface area contributed by atoms with E-state index in [1.54, 1.807) is 0 Å². The van der Waals surface area contributed by atoms with E-state index in [9.17, 15) is 0 Å². The van der Waals surface area contributed by atoms with E-state index in [-0.39, 0.29) is 0 Å². The van der Waals surface area contributed by atoms with E-state index >= 15 is 0 Å². The zero-order valence-electron chi connectivity index (χ0n) is 8.39. The number of alkyl halides is 1. The summed E-state index contributed by atoms with van der Waals surface area (Å²) in [4.78, 5) is 0. The van der Waals surface area contributed by atoms with Crippen LogP contribution in [0.3, 0.4) is 0 Å². The van der Waals surface area contributed by atoms with Crippen molar-refractivity contribution in [2.75, 3.05) is 31.0 Å². The third-order valence-electron chi connectivity index (χ3n) is 2.90. The minimum Gasteiger partial charge on any atom is -0.316 e. The van der Waals surface area contributed by atoms with E-state index in [4.69, 9.17) is 11.6 Å². The zero-order chi connectivity index (χ0) is 9.52. The van der Waals surface area contributed by atoms with Gasteiger partial charge in [0.1, 0.15) is 0 Å². The fourth-order valence-corrected chi connectivity index (χ4v) is 2.80. The van der Waals surface area contributed by atoms with E-state index in [2.05, 4.69) is 11.6 Å². The molecule has 0 aromatic carbocycles. The van der Waals surface area contributed by atoms with Gasteiger partial charge in [-0.05, 0) is 37.5 Å². The Balaban J connectivity index is 2.06. The van der Waals surface area contributed by atoms with Crippen molar-refractivity contribution in [2.24, 2.45) is 11.8 Å². The summed E-state index contributed by atoms with van der Waals surface area (Å²) < 4.78 is 0. The first-order valence-electron chi connectivity index (χ1n) is 5.14. The van der Waals surface area contributed by atoms with Crippen LogP contribution in [0.4, 0.5) is 0 Å². The predicted octanol–water partition coefficient (Wildman–Crippen LogP) is 2.59. The van der Waals surface area contributed by atoms with E-state index in [0.717, 1.165) is 24.3 Å². The van der Waals surface area contributed by atoms with Crippen LogP contribution >= 0.6 is 23.4 Å². The Labute approximate surface area is 91.0 Å². The molecule has 0 heterocycles. The van der Waals surface area contributed by atoms with E-state index in [0.29, 0.717) is 0 Å². The highest BCUT2D eigenvalue weighted by atomic mass is 35.5. The highest BCUT2D eigenvalue weighted by Crippen LogP contribution is 2.31. The Morgan fingerprint density at radius 2 is 2.15 bits per heavy atom. The fraction of sp³-hybridized carbons (Fsp3) is 1.00. The highest BCUT2D eigenvalue weighted by Gasteiger charge is 2.25. The first-order chi connectivity index (χ1) is 6.38. The maximum Gasteiger partial charge on any atom is 0.0254 e. The molecule has 0 saturated heterocycles. The van der Waals surface area contributed by atoms with Gasteiger partial charge in [0.05, 0.1) is 0 Å². The monoisotopic (exact) mass is 221 g/mol. The molecule has 1 nitrogen and oxygen atoms in total. The van der Waals surface area contributed by atoms with Crippen LogP contribution in [0.25, 0.3) is 0 Å². The van der Waals surface area contributed by atoms with Crippen LogP contribution in [0.1, 0.15) is 19.3 Å². The molecule has 0 radical (unpaired) electrons. The van der Waals surface area contributed by atoms with Crippen molar-refractivity contribution >= 4 is 23.4 Å². The first-order valence-corrected chi connectivity index (χ1v) is 7.07. The van der Waals surface area contributed by atoms with Crippen LogP contribution in [-0.4, -0.2) is 31.0 Å². The van der Waals surface area contributed by atoms with Crippen molar-refractivity contribution in [3.05, 3.63) is 0 Å². The second-order valence-corrected chi connectivity index (χ2v) is 5.10. The Morgan fingerprint density at radius 3 is 2.85 bits per heavy atom. The molecule has 1 rings (SSSR count). The molecule has 1 aliphatic carbocycles. The van der Waals surface area contributed by atoms with Gasteiger partial charge in [-0.1, -0.05) is 6.42 Å². The molecule has 0 aromatic rings. The molecular weight excluding hydrogens is 202 g/mol. The van der Waals surface area contributed by atoms with Gasteiger partial charge in [-0.15, -0.1) is 11.6 Å². The Morgan fingerprint density at radius 1 is 1.38 bits per heavy atom. The predicted molar refractivity (Wildman–Crippen MR) is 62.8 cm³/mol. The smallest absolute Gasteiger partial charge is 0.0254 e. The standard InChI is InChI=1S/C10H20ClNS/c1-13-6-5-12-8-10-4-2-3-9(10)7-11/h9-10,12H,2-8H2,1H3. The molecule has 0 aromatic heterocycles. The third-order valence-corrected chi connectivity index (χ3v) is 3.91. The molecule has 0 aliphatic heterocycles. The van der Waals surface area contributed by atoms with Gasteiger partial charge in [-0.25, -0.2) is 0 Å². The second kappa shape index (κ2) is 6.97. The van der Waals surface area contributed by atoms with Crippen LogP contribution in [0.15, 0.2) is 0 Å². The number of rotatable bonds is 6. The minimum absolute atomic E-state index is 0.781. The summed E-state index contributed by atoms with van der Waals surface area (Å²) in [6.45, 7) is 2.32. The van der Waals surface area contributed by atoms with E-state index in [1.165, 1.54) is 31.6 Å². The van der Waals surface area contributed by atoms with Gasteiger partial charge in [0.25, 0.3) is 0 Å². The topological polar surface area (TPSA) is 12.0 Å². The summed E-state index contributed by atoms with van der Waals surface area (Å²) in [5.41, 5.74) is 0. The van der Waals surface area contributed by atoms with Gasteiger partial charge in [-0.3, -0.25) is 0 Å². The van der Waals surface area contributed by atoms with Crippen molar-refractivity contribution in [1.29, 1.82) is 0 Å². The molecule has 1 fully saturated rings. The van der Waals surface area contributed by atoms with Crippen LogP contribution in [0, 0.1) is 11.8 Å². The molecule has 13 heavy (non-hydrogen) atoms. The van der Waals surface area contributed by atoms with Crippen LogP contribution in [-0.2, 0) is 0 Å². The minimum atomic E-state index is 0.781. The summed E-state index contributed by atoms with van der Waals surface area (Å²) in [6.07, 6.45) is 6.26. The summed E-state index contributed by atoms with van der Waals surface area (Å²) in [7, 11) is 0. The number of hydrogen-bond acceptors (Lipinski definition) is 2. The molecule has 1 aliphatic rings. The largest absolute Gasteiger partial charge is 0.316 e. The summed E-state index contributed by atoms with van der Waals surface area (Å²) >= 11 is 7.81. The molecule has 2 atom stereocenters. The van der Waals surface area contributed by atoms with Crippen LogP contribution in [0.2, 0.25) is 0 Å². The molecular formula is C10H20ClNS. The van der Waals surface area contributed by atoms with E-state index < -0.39 is 0 Å². The van der Waals surface area contributed by atoms with Crippen molar-refractivity contribution in [3.63, 3.8) is 0 Å². The van der Waals surface area contributed by atoms with Crippen molar-refractivity contribution in [3.8, 4) is 0 Å². The molecule has 78 valence electrons. The maximum absolute atomic E-state index is 5.91. The molecule has 0 amide bonds. The summed E-state index contributed by atoms with van der Waals surface area (Å²) in [6, 6.07) is 0. The lowest BCUT2D eigenvalue weighted by Gasteiger charge is -2.17. The fourth-order valence-electron chi connectivity index (χ4n) is 2.05. The van der Waals surface area contributed by atoms with Gasteiger partial charge in [0, 0.05) is 18.2 Å². The number of thioether (sulfide) groups is 1. The normalized spacial score (nSPS) is 28.2. The number of halogens is 1. The van der Waals surface area contributed by atoms with Crippen LogP contribution in [0.5, 0.6) is 0 Å². The molecule has 0 bridgehead atoms.